The summed E-state index contributed by atoms with van der Waals surface area (Å²) in [6, 6.07) is 9.98. The first-order valence-electron chi connectivity index (χ1n) is 5.99. The molecule has 2 rings (SSSR count). The highest BCUT2D eigenvalue weighted by molar-refractivity contribution is 5.22. The zero-order chi connectivity index (χ0) is 13.8. The molecule has 0 aliphatic rings. The van der Waals surface area contributed by atoms with Crippen molar-refractivity contribution in [1.29, 1.82) is 0 Å². The van der Waals surface area contributed by atoms with Gasteiger partial charge in [-0.3, -0.25) is 0 Å². The van der Waals surface area contributed by atoms with Crippen molar-refractivity contribution >= 4 is 0 Å². The van der Waals surface area contributed by atoms with Crippen LogP contribution >= 0.6 is 0 Å². The van der Waals surface area contributed by atoms with Gasteiger partial charge < -0.3 is 5.32 Å². The molecule has 2 aromatic rings. The molecule has 0 radical (unpaired) electrons. The van der Waals surface area contributed by atoms with Crippen molar-refractivity contribution in [3.8, 4) is 0 Å². The first-order chi connectivity index (χ1) is 9.08. The molecule has 0 heterocycles. The van der Waals surface area contributed by atoms with Crippen LogP contribution in [0.15, 0.2) is 42.5 Å². The lowest BCUT2D eigenvalue weighted by molar-refractivity contribution is 0.501. The lowest BCUT2D eigenvalue weighted by atomic mass is 10.1. The van der Waals surface area contributed by atoms with Crippen LogP contribution in [0.4, 0.5) is 13.2 Å². The summed E-state index contributed by atoms with van der Waals surface area (Å²) in [7, 11) is 0. The molecule has 100 valence electrons. The number of halogens is 3. The zero-order valence-electron chi connectivity index (χ0n) is 10.5. The second-order valence-corrected chi connectivity index (χ2v) is 4.37. The summed E-state index contributed by atoms with van der Waals surface area (Å²) in [6.07, 6.45) is 0. The van der Waals surface area contributed by atoms with Crippen LogP contribution in [0.3, 0.4) is 0 Å². The maximum absolute atomic E-state index is 13.5. The summed E-state index contributed by atoms with van der Waals surface area (Å²) in [5.74, 6) is -2.03. The summed E-state index contributed by atoms with van der Waals surface area (Å²) in [6.45, 7) is 2.16. The van der Waals surface area contributed by atoms with E-state index >= 15 is 0 Å². The molecule has 0 fully saturated rings. The second kappa shape index (κ2) is 5.89. The number of hydrogen-bond acceptors (Lipinski definition) is 1. The Labute approximate surface area is 110 Å². The Morgan fingerprint density at radius 1 is 0.947 bits per heavy atom. The van der Waals surface area contributed by atoms with Crippen molar-refractivity contribution in [2.45, 2.75) is 19.5 Å². The molecular weight excluding hydrogens is 251 g/mol. The number of rotatable bonds is 4. The van der Waals surface area contributed by atoms with Crippen LogP contribution in [-0.4, -0.2) is 0 Å². The second-order valence-electron chi connectivity index (χ2n) is 4.37. The molecule has 4 heteroatoms. The molecule has 0 aliphatic carbocycles. The largest absolute Gasteiger partial charge is 0.306 e. The highest BCUT2D eigenvalue weighted by Crippen LogP contribution is 2.17. The lowest BCUT2D eigenvalue weighted by Gasteiger charge is -2.15. The minimum atomic E-state index is -0.877. The first-order valence-corrected chi connectivity index (χ1v) is 5.99. The van der Waals surface area contributed by atoms with E-state index < -0.39 is 11.6 Å². The van der Waals surface area contributed by atoms with E-state index in [1.807, 2.05) is 6.92 Å². The molecule has 1 atom stereocenters. The van der Waals surface area contributed by atoms with E-state index in [4.69, 9.17) is 0 Å². The van der Waals surface area contributed by atoms with Gasteiger partial charge >= 0.3 is 0 Å². The summed E-state index contributed by atoms with van der Waals surface area (Å²) in [5, 5.41) is 3.07. The van der Waals surface area contributed by atoms with Crippen molar-refractivity contribution in [2.24, 2.45) is 0 Å². The van der Waals surface area contributed by atoms with Gasteiger partial charge in [0.05, 0.1) is 0 Å². The maximum atomic E-state index is 13.5. The van der Waals surface area contributed by atoms with Crippen LogP contribution in [-0.2, 0) is 6.54 Å². The highest BCUT2D eigenvalue weighted by atomic mass is 19.2. The maximum Gasteiger partial charge on any atom is 0.159 e. The molecular formula is C15H14F3N. The number of hydrogen-bond donors (Lipinski definition) is 1. The predicted molar refractivity (Wildman–Crippen MR) is 68.0 cm³/mol. The average molecular weight is 265 g/mol. The lowest BCUT2D eigenvalue weighted by Crippen LogP contribution is -2.19. The predicted octanol–water partition coefficient (Wildman–Crippen LogP) is 3.95. The summed E-state index contributed by atoms with van der Waals surface area (Å²) >= 11 is 0. The molecule has 2 aromatic carbocycles. The Balaban J connectivity index is 2.02. The molecule has 1 nitrogen and oxygen atoms in total. The summed E-state index contributed by atoms with van der Waals surface area (Å²) in [5.41, 5.74) is 1.16. The van der Waals surface area contributed by atoms with Gasteiger partial charge in [-0.25, -0.2) is 13.2 Å². The number of nitrogens with one attached hydrogen (secondary N) is 1. The quantitative estimate of drug-likeness (QED) is 0.882. The van der Waals surface area contributed by atoms with Crippen LogP contribution in [0.1, 0.15) is 24.1 Å². The fraction of sp³-hybridized carbons (Fsp3) is 0.200. The van der Waals surface area contributed by atoms with Gasteiger partial charge in [-0.2, -0.15) is 0 Å². The average Bonchev–Trinajstić information content (AvgIpc) is 2.40. The standard InChI is InChI=1S/C15H14F3N/c1-10(12-4-2-3-5-13(12)16)19-9-11-6-7-14(17)15(18)8-11/h2-8,10,19H,9H2,1H3/t10-/m1/s1. The number of benzene rings is 2. The van der Waals surface area contributed by atoms with Crippen molar-refractivity contribution in [3.05, 3.63) is 71.0 Å². The molecule has 0 aliphatic heterocycles. The Morgan fingerprint density at radius 2 is 1.68 bits per heavy atom. The van der Waals surface area contributed by atoms with E-state index in [-0.39, 0.29) is 11.9 Å². The normalized spacial score (nSPS) is 12.4. The van der Waals surface area contributed by atoms with E-state index in [0.717, 1.165) is 12.1 Å². The van der Waals surface area contributed by atoms with Gasteiger partial charge in [0.2, 0.25) is 0 Å². The fourth-order valence-corrected chi connectivity index (χ4v) is 1.86. The minimum Gasteiger partial charge on any atom is -0.306 e. The third-order valence-electron chi connectivity index (χ3n) is 2.97. The van der Waals surface area contributed by atoms with Crippen molar-refractivity contribution in [3.63, 3.8) is 0 Å². The van der Waals surface area contributed by atoms with Crippen LogP contribution in [0.2, 0.25) is 0 Å². The molecule has 0 spiro atoms. The van der Waals surface area contributed by atoms with Crippen LogP contribution < -0.4 is 5.32 Å². The van der Waals surface area contributed by atoms with E-state index in [1.54, 1.807) is 18.2 Å². The molecule has 1 N–H and O–H groups in total. The van der Waals surface area contributed by atoms with Gasteiger partial charge in [-0.05, 0) is 30.7 Å². The van der Waals surface area contributed by atoms with E-state index in [1.165, 1.54) is 12.1 Å². The smallest absolute Gasteiger partial charge is 0.159 e. The summed E-state index contributed by atoms with van der Waals surface area (Å²) in [4.78, 5) is 0. The van der Waals surface area contributed by atoms with Crippen molar-refractivity contribution < 1.29 is 13.2 Å². The molecule has 0 unspecified atom stereocenters. The van der Waals surface area contributed by atoms with Gasteiger partial charge in [0.25, 0.3) is 0 Å². The topological polar surface area (TPSA) is 12.0 Å². The Hall–Kier alpha value is -1.81. The molecule has 0 aromatic heterocycles. The van der Waals surface area contributed by atoms with Crippen LogP contribution in [0, 0.1) is 17.5 Å². The van der Waals surface area contributed by atoms with Gasteiger partial charge in [0.1, 0.15) is 5.82 Å². The Kier molecular flexibility index (Phi) is 4.22. The van der Waals surface area contributed by atoms with Crippen molar-refractivity contribution in [1.82, 2.24) is 5.32 Å². The third-order valence-corrected chi connectivity index (χ3v) is 2.97. The SMILES string of the molecule is C[C@@H](NCc1ccc(F)c(F)c1)c1ccccc1F. The van der Waals surface area contributed by atoms with Crippen LogP contribution in [0.25, 0.3) is 0 Å². The fourth-order valence-electron chi connectivity index (χ4n) is 1.86. The molecule has 0 bridgehead atoms. The molecule has 0 amide bonds. The highest BCUT2D eigenvalue weighted by Gasteiger charge is 2.10. The first kappa shape index (κ1) is 13.6. The Morgan fingerprint density at radius 3 is 2.37 bits per heavy atom. The third kappa shape index (κ3) is 3.35. The Bertz CT molecular complexity index is 569. The van der Waals surface area contributed by atoms with Crippen molar-refractivity contribution in [2.75, 3.05) is 0 Å². The van der Waals surface area contributed by atoms with Gasteiger partial charge in [0, 0.05) is 18.2 Å². The minimum absolute atomic E-state index is 0.214. The molecule has 0 saturated heterocycles. The zero-order valence-corrected chi connectivity index (χ0v) is 10.5. The van der Waals surface area contributed by atoms with E-state index in [9.17, 15) is 13.2 Å². The van der Waals surface area contributed by atoms with E-state index in [0.29, 0.717) is 17.7 Å². The van der Waals surface area contributed by atoms with Crippen LogP contribution in [0.5, 0.6) is 0 Å². The molecule has 19 heavy (non-hydrogen) atoms. The van der Waals surface area contributed by atoms with Gasteiger partial charge in [0.15, 0.2) is 11.6 Å². The molecule has 0 saturated carbocycles. The van der Waals surface area contributed by atoms with Gasteiger partial charge in [-0.1, -0.05) is 24.3 Å². The van der Waals surface area contributed by atoms with E-state index in [2.05, 4.69) is 5.32 Å². The summed E-state index contributed by atoms with van der Waals surface area (Å²) < 4.78 is 39.3. The van der Waals surface area contributed by atoms with Gasteiger partial charge in [-0.15, -0.1) is 0 Å². The monoisotopic (exact) mass is 265 g/mol.